The van der Waals surface area contributed by atoms with E-state index in [9.17, 15) is 4.79 Å². The van der Waals surface area contributed by atoms with Gasteiger partial charge in [0, 0.05) is 18.9 Å². The van der Waals surface area contributed by atoms with Gasteiger partial charge in [-0.05, 0) is 18.8 Å². The fraction of sp³-hybridized carbons (Fsp3) is 0.900. The van der Waals surface area contributed by atoms with Crippen molar-refractivity contribution < 1.29 is 9.90 Å². The average Bonchev–Trinajstić information content (AvgIpc) is 2.00. The summed E-state index contributed by atoms with van der Waals surface area (Å²) in [6, 6.07) is 0. The monoisotopic (exact) mass is 172 g/mol. The zero-order valence-corrected chi connectivity index (χ0v) is 8.34. The Morgan fingerprint density at radius 2 is 1.83 bits per heavy atom. The van der Waals surface area contributed by atoms with E-state index in [1.54, 1.807) is 0 Å². The van der Waals surface area contributed by atoms with Gasteiger partial charge in [0.15, 0.2) is 0 Å². The summed E-state index contributed by atoms with van der Waals surface area (Å²) in [6.07, 6.45) is 2.39. The van der Waals surface area contributed by atoms with E-state index in [1.807, 2.05) is 13.8 Å². The van der Waals surface area contributed by atoms with Crippen molar-refractivity contribution in [3.05, 3.63) is 0 Å². The maximum atomic E-state index is 11.2. The lowest BCUT2D eigenvalue weighted by Gasteiger charge is -2.09. The molecule has 0 amide bonds. The zero-order chi connectivity index (χ0) is 9.56. The van der Waals surface area contributed by atoms with Crippen LogP contribution in [0, 0.1) is 11.8 Å². The molecule has 0 aromatic carbocycles. The fourth-order valence-corrected chi connectivity index (χ4v) is 1.04. The van der Waals surface area contributed by atoms with Gasteiger partial charge in [-0.15, -0.1) is 0 Å². The van der Waals surface area contributed by atoms with Crippen LogP contribution in [0.15, 0.2) is 0 Å². The van der Waals surface area contributed by atoms with Crippen molar-refractivity contribution >= 4 is 5.78 Å². The van der Waals surface area contributed by atoms with E-state index in [2.05, 4.69) is 6.92 Å². The summed E-state index contributed by atoms with van der Waals surface area (Å²) < 4.78 is 0. The third-order valence-corrected chi connectivity index (χ3v) is 2.15. The second-order valence-electron chi connectivity index (χ2n) is 3.78. The van der Waals surface area contributed by atoms with E-state index in [-0.39, 0.29) is 12.5 Å². The number of aliphatic hydroxyl groups is 1. The maximum absolute atomic E-state index is 11.2. The Hall–Kier alpha value is -0.370. The molecule has 0 aromatic rings. The highest BCUT2D eigenvalue weighted by molar-refractivity contribution is 5.80. The highest BCUT2D eigenvalue weighted by Crippen LogP contribution is 2.12. The Bertz CT molecular complexity index is 130. The molecule has 0 aromatic heterocycles. The van der Waals surface area contributed by atoms with Gasteiger partial charge in [-0.3, -0.25) is 4.79 Å². The number of Topliss-reactive ketones (excluding diaryl/α,β-unsaturated/α-hetero) is 1. The van der Waals surface area contributed by atoms with Crippen LogP contribution < -0.4 is 0 Å². The summed E-state index contributed by atoms with van der Waals surface area (Å²) in [6.45, 7) is 6.17. The topological polar surface area (TPSA) is 37.3 Å². The van der Waals surface area contributed by atoms with Gasteiger partial charge in [0.2, 0.25) is 0 Å². The number of aliphatic hydroxyl groups excluding tert-OH is 1. The van der Waals surface area contributed by atoms with E-state index in [4.69, 9.17) is 5.11 Å². The van der Waals surface area contributed by atoms with Crippen LogP contribution in [0.5, 0.6) is 0 Å². The molecule has 0 heterocycles. The summed E-state index contributed by atoms with van der Waals surface area (Å²) in [4.78, 5) is 11.2. The van der Waals surface area contributed by atoms with Crippen molar-refractivity contribution in [3.8, 4) is 0 Å². The first kappa shape index (κ1) is 11.6. The number of carbonyl (C=O) groups excluding carboxylic acids is 1. The van der Waals surface area contributed by atoms with Crippen LogP contribution >= 0.6 is 0 Å². The van der Waals surface area contributed by atoms with Crippen LogP contribution in [0.3, 0.4) is 0 Å². The van der Waals surface area contributed by atoms with Crippen molar-refractivity contribution in [2.75, 3.05) is 6.61 Å². The van der Waals surface area contributed by atoms with Gasteiger partial charge in [0.05, 0.1) is 0 Å². The first-order valence-corrected chi connectivity index (χ1v) is 4.71. The molecule has 1 atom stereocenters. The van der Waals surface area contributed by atoms with Gasteiger partial charge in [-0.2, -0.15) is 0 Å². The van der Waals surface area contributed by atoms with Crippen LogP contribution in [0.2, 0.25) is 0 Å². The number of ketones is 1. The molecule has 0 rings (SSSR count). The number of hydrogen-bond donors (Lipinski definition) is 1. The molecule has 0 bridgehead atoms. The van der Waals surface area contributed by atoms with Crippen LogP contribution in [-0.2, 0) is 4.79 Å². The minimum atomic E-state index is 0.159. The highest BCUT2D eigenvalue weighted by atomic mass is 16.3. The molecule has 2 nitrogen and oxygen atoms in total. The van der Waals surface area contributed by atoms with Gasteiger partial charge in [-0.25, -0.2) is 0 Å². The first-order valence-electron chi connectivity index (χ1n) is 4.71. The summed E-state index contributed by atoms with van der Waals surface area (Å²) in [5.41, 5.74) is 0. The molecule has 0 saturated carbocycles. The summed E-state index contributed by atoms with van der Waals surface area (Å²) >= 11 is 0. The normalized spacial score (nSPS) is 13.4. The van der Waals surface area contributed by atoms with Crippen molar-refractivity contribution in [2.45, 2.75) is 40.0 Å². The van der Waals surface area contributed by atoms with Gasteiger partial charge < -0.3 is 5.11 Å². The lowest BCUT2D eigenvalue weighted by atomic mass is 9.97. The molecular formula is C10H20O2. The zero-order valence-electron chi connectivity index (χ0n) is 8.34. The molecule has 0 spiro atoms. The van der Waals surface area contributed by atoms with Crippen LogP contribution in [-0.4, -0.2) is 17.5 Å². The van der Waals surface area contributed by atoms with E-state index in [0.29, 0.717) is 18.1 Å². The fourth-order valence-electron chi connectivity index (χ4n) is 1.04. The third-order valence-electron chi connectivity index (χ3n) is 2.15. The third kappa shape index (κ3) is 5.30. The molecular weight excluding hydrogens is 152 g/mol. The molecule has 2 heteroatoms. The number of hydrogen-bond acceptors (Lipinski definition) is 2. The summed E-state index contributed by atoms with van der Waals surface area (Å²) in [5.74, 6) is 0.962. The Kier molecular flexibility index (Phi) is 5.99. The number of carbonyl (C=O) groups is 1. The largest absolute Gasteiger partial charge is 0.396 e. The van der Waals surface area contributed by atoms with Crippen LogP contribution in [0.25, 0.3) is 0 Å². The predicted octanol–water partition coefficient (Wildman–Crippen LogP) is 2.01. The van der Waals surface area contributed by atoms with E-state index in [0.717, 1.165) is 12.8 Å². The van der Waals surface area contributed by atoms with Gasteiger partial charge in [0.25, 0.3) is 0 Å². The molecule has 0 aliphatic carbocycles. The number of rotatable bonds is 6. The molecule has 0 saturated heterocycles. The van der Waals surface area contributed by atoms with E-state index >= 15 is 0 Å². The van der Waals surface area contributed by atoms with Gasteiger partial charge in [-0.1, -0.05) is 20.8 Å². The van der Waals surface area contributed by atoms with Crippen molar-refractivity contribution in [3.63, 3.8) is 0 Å². The molecule has 1 N–H and O–H groups in total. The highest BCUT2D eigenvalue weighted by Gasteiger charge is 2.09. The second-order valence-corrected chi connectivity index (χ2v) is 3.78. The minimum absolute atomic E-state index is 0.159. The Morgan fingerprint density at radius 1 is 1.25 bits per heavy atom. The molecule has 0 fully saturated rings. The lowest BCUT2D eigenvalue weighted by molar-refractivity contribution is -0.122. The quantitative estimate of drug-likeness (QED) is 0.665. The van der Waals surface area contributed by atoms with Crippen molar-refractivity contribution in [1.82, 2.24) is 0 Å². The van der Waals surface area contributed by atoms with Crippen LogP contribution in [0.1, 0.15) is 40.0 Å². The van der Waals surface area contributed by atoms with E-state index in [1.165, 1.54) is 0 Å². The Labute approximate surface area is 75.0 Å². The molecule has 1 unspecified atom stereocenters. The summed E-state index contributed by atoms with van der Waals surface area (Å²) in [5, 5.41) is 8.63. The van der Waals surface area contributed by atoms with Crippen molar-refractivity contribution in [1.29, 1.82) is 0 Å². The van der Waals surface area contributed by atoms with Gasteiger partial charge >= 0.3 is 0 Å². The Morgan fingerprint density at radius 3 is 2.25 bits per heavy atom. The second kappa shape index (κ2) is 6.18. The molecule has 72 valence electrons. The Balaban J connectivity index is 3.47. The first-order chi connectivity index (χ1) is 5.57. The predicted molar refractivity (Wildman–Crippen MR) is 49.9 cm³/mol. The standard InChI is InChI=1S/C10H20O2/c1-8(2)10(12)5-4-9(3)6-7-11/h8-9,11H,4-7H2,1-3H3. The molecule has 0 aliphatic rings. The maximum Gasteiger partial charge on any atom is 0.135 e. The average molecular weight is 172 g/mol. The summed E-state index contributed by atoms with van der Waals surface area (Å²) in [7, 11) is 0. The SMILES string of the molecule is CC(CCO)CCC(=O)C(C)C. The van der Waals surface area contributed by atoms with E-state index < -0.39 is 0 Å². The van der Waals surface area contributed by atoms with Crippen LogP contribution in [0.4, 0.5) is 0 Å². The molecule has 0 aliphatic heterocycles. The molecule has 12 heavy (non-hydrogen) atoms. The van der Waals surface area contributed by atoms with Gasteiger partial charge in [0.1, 0.15) is 5.78 Å². The minimum Gasteiger partial charge on any atom is -0.396 e. The smallest absolute Gasteiger partial charge is 0.135 e. The molecule has 0 radical (unpaired) electrons. The lowest BCUT2D eigenvalue weighted by Crippen LogP contribution is -2.09. The van der Waals surface area contributed by atoms with Crippen molar-refractivity contribution in [2.24, 2.45) is 11.8 Å².